The van der Waals surface area contributed by atoms with Crippen molar-refractivity contribution in [3.05, 3.63) is 35.9 Å². The number of morpholine rings is 1. The second-order valence-electron chi connectivity index (χ2n) is 5.91. The maximum atomic E-state index is 12.3. The van der Waals surface area contributed by atoms with E-state index in [2.05, 4.69) is 10.6 Å². The average Bonchev–Trinajstić information content (AvgIpc) is 2.58. The number of amides is 1. The van der Waals surface area contributed by atoms with Crippen molar-refractivity contribution in [2.75, 3.05) is 19.8 Å². The molecule has 6 heteroatoms. The van der Waals surface area contributed by atoms with E-state index in [9.17, 15) is 9.59 Å². The summed E-state index contributed by atoms with van der Waals surface area (Å²) in [6, 6.07) is 8.36. The topological polar surface area (TPSA) is 76.7 Å². The quantitative estimate of drug-likeness (QED) is 0.760. The van der Waals surface area contributed by atoms with Gasteiger partial charge in [-0.3, -0.25) is 4.79 Å². The third kappa shape index (κ3) is 5.33. The van der Waals surface area contributed by atoms with Crippen LogP contribution in [0.15, 0.2) is 30.3 Å². The third-order valence-electron chi connectivity index (χ3n) is 3.68. The zero-order valence-corrected chi connectivity index (χ0v) is 13.6. The summed E-state index contributed by atoms with van der Waals surface area (Å²) in [7, 11) is 0. The lowest BCUT2D eigenvalue weighted by molar-refractivity contribution is -0.151. The second kappa shape index (κ2) is 8.64. The van der Waals surface area contributed by atoms with E-state index in [1.807, 2.05) is 44.2 Å². The number of hydrogen-bond donors (Lipinski definition) is 2. The van der Waals surface area contributed by atoms with Gasteiger partial charge in [-0.25, -0.2) is 4.79 Å². The summed E-state index contributed by atoms with van der Waals surface area (Å²) < 4.78 is 10.6. The first-order chi connectivity index (χ1) is 11.1. The normalized spacial score (nSPS) is 19.2. The highest BCUT2D eigenvalue weighted by Gasteiger charge is 2.29. The Morgan fingerprint density at radius 2 is 2.09 bits per heavy atom. The Kier molecular flexibility index (Phi) is 6.55. The number of esters is 1. The van der Waals surface area contributed by atoms with E-state index in [0.29, 0.717) is 19.8 Å². The fourth-order valence-corrected chi connectivity index (χ4v) is 2.30. The molecule has 1 aliphatic rings. The molecule has 23 heavy (non-hydrogen) atoms. The molecule has 1 unspecified atom stereocenters. The minimum atomic E-state index is -0.671. The molecule has 0 saturated carbocycles. The summed E-state index contributed by atoms with van der Waals surface area (Å²) in [4.78, 5) is 24.5. The van der Waals surface area contributed by atoms with E-state index in [4.69, 9.17) is 9.47 Å². The Bertz CT molecular complexity index is 513. The molecule has 1 aliphatic heterocycles. The zero-order valence-electron chi connectivity index (χ0n) is 13.6. The Morgan fingerprint density at radius 1 is 1.35 bits per heavy atom. The lowest BCUT2D eigenvalue weighted by atomic mass is 10.0. The predicted molar refractivity (Wildman–Crippen MR) is 85.6 cm³/mol. The van der Waals surface area contributed by atoms with E-state index in [0.717, 1.165) is 5.56 Å². The van der Waals surface area contributed by atoms with Gasteiger partial charge in [-0.05, 0) is 11.5 Å². The van der Waals surface area contributed by atoms with Gasteiger partial charge in [-0.1, -0.05) is 44.2 Å². The Balaban J connectivity index is 1.89. The molecule has 1 heterocycles. The van der Waals surface area contributed by atoms with Gasteiger partial charge in [0.2, 0.25) is 5.91 Å². The van der Waals surface area contributed by atoms with Crippen molar-refractivity contribution in [2.45, 2.75) is 32.5 Å². The molecule has 1 aromatic carbocycles. The maximum Gasteiger partial charge on any atom is 0.329 e. The zero-order chi connectivity index (χ0) is 16.7. The monoisotopic (exact) mass is 320 g/mol. The SMILES string of the molecule is CC(C)[C@H](NC(=O)C1COCCN1)C(=O)OCc1ccccc1. The first-order valence-corrected chi connectivity index (χ1v) is 7.90. The van der Waals surface area contributed by atoms with Crippen LogP contribution < -0.4 is 10.6 Å². The van der Waals surface area contributed by atoms with Crippen LogP contribution >= 0.6 is 0 Å². The lowest BCUT2D eigenvalue weighted by Crippen LogP contribution is -2.56. The number of nitrogens with one attached hydrogen (secondary N) is 2. The summed E-state index contributed by atoms with van der Waals surface area (Å²) in [5, 5.41) is 5.84. The number of benzene rings is 1. The maximum absolute atomic E-state index is 12.3. The molecule has 2 atom stereocenters. The number of ether oxygens (including phenoxy) is 2. The van der Waals surface area contributed by atoms with E-state index in [1.54, 1.807) is 0 Å². The molecule has 0 spiro atoms. The van der Waals surface area contributed by atoms with Crippen LogP contribution in [-0.2, 0) is 25.7 Å². The number of carbonyl (C=O) groups excluding carboxylic acids is 2. The highest BCUT2D eigenvalue weighted by atomic mass is 16.5. The molecule has 1 amide bonds. The van der Waals surface area contributed by atoms with Crippen molar-refractivity contribution < 1.29 is 19.1 Å². The van der Waals surface area contributed by atoms with Crippen LogP contribution in [0.2, 0.25) is 0 Å². The van der Waals surface area contributed by atoms with Gasteiger partial charge in [-0.2, -0.15) is 0 Å². The molecule has 0 bridgehead atoms. The van der Waals surface area contributed by atoms with Crippen LogP contribution in [0.3, 0.4) is 0 Å². The van der Waals surface area contributed by atoms with Crippen LogP contribution in [0, 0.1) is 5.92 Å². The van der Waals surface area contributed by atoms with Gasteiger partial charge in [0.05, 0.1) is 13.2 Å². The minimum Gasteiger partial charge on any atom is -0.459 e. The smallest absolute Gasteiger partial charge is 0.329 e. The van der Waals surface area contributed by atoms with Crippen molar-refractivity contribution in [3.8, 4) is 0 Å². The fraction of sp³-hybridized carbons (Fsp3) is 0.529. The summed E-state index contributed by atoms with van der Waals surface area (Å²) in [5.41, 5.74) is 0.914. The van der Waals surface area contributed by atoms with Crippen LogP contribution in [0.5, 0.6) is 0 Å². The Morgan fingerprint density at radius 3 is 2.70 bits per heavy atom. The van der Waals surface area contributed by atoms with Gasteiger partial charge >= 0.3 is 5.97 Å². The molecule has 126 valence electrons. The third-order valence-corrected chi connectivity index (χ3v) is 3.68. The van der Waals surface area contributed by atoms with Crippen molar-refractivity contribution in [1.29, 1.82) is 0 Å². The number of hydrogen-bond acceptors (Lipinski definition) is 5. The molecular formula is C17H24N2O4. The number of carbonyl (C=O) groups is 2. The summed E-state index contributed by atoms with van der Waals surface area (Å²) in [6.45, 7) is 5.48. The molecule has 2 N–H and O–H groups in total. The molecule has 0 aromatic heterocycles. The minimum absolute atomic E-state index is 0.0632. The number of rotatable bonds is 6. The summed E-state index contributed by atoms with van der Waals surface area (Å²) in [5.74, 6) is -0.722. The highest BCUT2D eigenvalue weighted by molar-refractivity contribution is 5.87. The van der Waals surface area contributed by atoms with Gasteiger partial charge < -0.3 is 20.1 Å². The van der Waals surface area contributed by atoms with E-state index in [1.165, 1.54) is 0 Å². The molecule has 1 aromatic rings. The molecule has 1 fully saturated rings. The van der Waals surface area contributed by atoms with Crippen LogP contribution in [0.4, 0.5) is 0 Å². The molecular weight excluding hydrogens is 296 g/mol. The van der Waals surface area contributed by atoms with Gasteiger partial charge in [0.25, 0.3) is 0 Å². The van der Waals surface area contributed by atoms with Gasteiger partial charge in [-0.15, -0.1) is 0 Å². The summed E-state index contributed by atoms with van der Waals surface area (Å²) in [6.07, 6.45) is 0. The Labute approximate surface area is 136 Å². The van der Waals surface area contributed by atoms with Gasteiger partial charge in [0.15, 0.2) is 0 Å². The summed E-state index contributed by atoms with van der Waals surface area (Å²) >= 11 is 0. The van der Waals surface area contributed by atoms with Crippen molar-refractivity contribution in [2.24, 2.45) is 5.92 Å². The largest absolute Gasteiger partial charge is 0.459 e. The van der Waals surface area contributed by atoms with Gasteiger partial charge in [0, 0.05) is 6.54 Å². The average molecular weight is 320 g/mol. The van der Waals surface area contributed by atoms with Crippen molar-refractivity contribution in [1.82, 2.24) is 10.6 Å². The van der Waals surface area contributed by atoms with Crippen LogP contribution in [0.1, 0.15) is 19.4 Å². The lowest BCUT2D eigenvalue weighted by Gasteiger charge is -2.26. The second-order valence-corrected chi connectivity index (χ2v) is 5.91. The van der Waals surface area contributed by atoms with E-state index >= 15 is 0 Å². The Hall–Kier alpha value is -1.92. The van der Waals surface area contributed by atoms with E-state index in [-0.39, 0.29) is 18.4 Å². The highest BCUT2D eigenvalue weighted by Crippen LogP contribution is 2.08. The first kappa shape index (κ1) is 17.4. The first-order valence-electron chi connectivity index (χ1n) is 7.90. The molecule has 0 radical (unpaired) electrons. The van der Waals surface area contributed by atoms with Gasteiger partial charge in [0.1, 0.15) is 18.7 Å². The fourth-order valence-electron chi connectivity index (χ4n) is 2.30. The van der Waals surface area contributed by atoms with Crippen molar-refractivity contribution >= 4 is 11.9 Å². The van der Waals surface area contributed by atoms with Crippen molar-refractivity contribution in [3.63, 3.8) is 0 Å². The molecule has 2 rings (SSSR count). The molecule has 0 aliphatic carbocycles. The molecule has 6 nitrogen and oxygen atoms in total. The standard InChI is InChI=1S/C17H24N2O4/c1-12(2)15(19-16(20)14-11-22-9-8-18-14)17(21)23-10-13-6-4-3-5-7-13/h3-7,12,14-15,18H,8-11H2,1-2H3,(H,19,20)/t14?,15-/m0/s1. The molecule has 1 saturated heterocycles. The van der Waals surface area contributed by atoms with Crippen LogP contribution in [0.25, 0.3) is 0 Å². The van der Waals surface area contributed by atoms with Crippen LogP contribution in [-0.4, -0.2) is 43.7 Å². The van der Waals surface area contributed by atoms with E-state index < -0.39 is 18.1 Å². The predicted octanol–water partition coefficient (Wildman–Crippen LogP) is 0.859.